The van der Waals surface area contributed by atoms with Crippen LogP contribution in [0.3, 0.4) is 0 Å². The fourth-order valence-electron chi connectivity index (χ4n) is 7.65. The lowest BCUT2D eigenvalue weighted by Gasteiger charge is -2.14. The zero-order valence-corrected chi connectivity index (χ0v) is 25.1. The van der Waals surface area contributed by atoms with Crippen molar-refractivity contribution < 1.29 is 0 Å². The molecule has 0 bridgehead atoms. The van der Waals surface area contributed by atoms with E-state index in [9.17, 15) is 0 Å². The van der Waals surface area contributed by atoms with E-state index >= 15 is 0 Å². The average Bonchev–Trinajstić information content (AvgIpc) is 3.71. The summed E-state index contributed by atoms with van der Waals surface area (Å²) in [6.45, 7) is 0. The average molecular weight is 585 g/mol. The predicted molar refractivity (Wildman–Crippen MR) is 196 cm³/mol. The number of rotatable bonds is 3. The van der Waals surface area contributed by atoms with E-state index in [0.717, 1.165) is 0 Å². The second-order valence-corrected chi connectivity index (χ2v) is 12.2. The molecule has 0 saturated carbocycles. The van der Waals surface area contributed by atoms with Crippen LogP contribution < -0.4 is 0 Å². The molecule has 0 N–H and O–H groups in total. The number of benzene rings is 8. The first-order valence-electron chi connectivity index (χ1n) is 15.9. The van der Waals surface area contributed by atoms with Gasteiger partial charge >= 0.3 is 0 Å². The van der Waals surface area contributed by atoms with Gasteiger partial charge in [-0.05, 0) is 81.2 Å². The van der Waals surface area contributed by atoms with E-state index in [1.165, 1.54) is 87.5 Å². The van der Waals surface area contributed by atoms with Crippen LogP contribution in [0.2, 0.25) is 0 Å². The third-order valence-electron chi connectivity index (χ3n) is 9.70. The molecule has 8 aromatic carbocycles. The number of hydrogen-bond donors (Lipinski definition) is 0. The molecule has 0 unspecified atom stereocenters. The topological polar surface area (TPSA) is 9.86 Å². The van der Waals surface area contributed by atoms with Gasteiger partial charge in [-0.3, -0.25) is 0 Å². The van der Waals surface area contributed by atoms with Crippen LogP contribution in [0.4, 0.5) is 0 Å². The highest BCUT2D eigenvalue weighted by Gasteiger charge is 2.20. The molecular formula is C44H28N2. The van der Waals surface area contributed by atoms with Crippen molar-refractivity contribution in [2.45, 2.75) is 0 Å². The summed E-state index contributed by atoms with van der Waals surface area (Å²) in [5.74, 6) is 0. The minimum atomic E-state index is 1.17. The van der Waals surface area contributed by atoms with E-state index < -0.39 is 0 Å². The van der Waals surface area contributed by atoms with Crippen molar-refractivity contribution in [3.05, 3.63) is 170 Å². The van der Waals surface area contributed by atoms with E-state index in [0.29, 0.717) is 0 Å². The van der Waals surface area contributed by atoms with Gasteiger partial charge in [0.1, 0.15) is 0 Å². The molecule has 10 rings (SSSR count). The maximum Gasteiger partial charge on any atom is 0.0626 e. The molecule has 10 aromatic rings. The maximum absolute atomic E-state index is 2.51. The van der Waals surface area contributed by atoms with Gasteiger partial charge in [-0.25, -0.2) is 0 Å². The first-order chi connectivity index (χ1) is 22.8. The first-order valence-corrected chi connectivity index (χ1v) is 15.9. The van der Waals surface area contributed by atoms with Gasteiger partial charge in [-0.2, -0.15) is 0 Å². The summed E-state index contributed by atoms with van der Waals surface area (Å²) in [5.41, 5.74) is 8.50. The van der Waals surface area contributed by atoms with Crippen molar-refractivity contribution in [1.29, 1.82) is 0 Å². The minimum Gasteiger partial charge on any atom is -0.317 e. The van der Waals surface area contributed by atoms with Crippen molar-refractivity contribution >= 4 is 65.0 Å². The second-order valence-electron chi connectivity index (χ2n) is 12.2. The molecule has 0 fully saturated rings. The van der Waals surface area contributed by atoms with Crippen molar-refractivity contribution in [2.24, 2.45) is 0 Å². The predicted octanol–water partition coefficient (Wildman–Crippen LogP) is 11.9. The molecule has 2 heterocycles. The maximum atomic E-state index is 2.51. The van der Waals surface area contributed by atoms with Gasteiger partial charge in [0.2, 0.25) is 0 Å². The lowest BCUT2D eigenvalue weighted by Crippen LogP contribution is -1.96. The van der Waals surface area contributed by atoms with Gasteiger partial charge < -0.3 is 9.13 Å². The van der Waals surface area contributed by atoms with Crippen LogP contribution in [0.25, 0.3) is 87.5 Å². The molecule has 0 aliphatic rings. The van der Waals surface area contributed by atoms with E-state index in [-0.39, 0.29) is 0 Å². The van der Waals surface area contributed by atoms with Gasteiger partial charge in [-0.1, -0.05) is 115 Å². The fraction of sp³-hybridized carbons (Fsp3) is 0. The molecule has 0 spiro atoms. The van der Waals surface area contributed by atoms with Gasteiger partial charge in [-0.15, -0.1) is 0 Å². The van der Waals surface area contributed by atoms with Gasteiger partial charge in [0.15, 0.2) is 0 Å². The van der Waals surface area contributed by atoms with Crippen molar-refractivity contribution in [3.63, 3.8) is 0 Å². The smallest absolute Gasteiger partial charge is 0.0626 e. The molecule has 0 atom stereocenters. The molecule has 0 amide bonds. The van der Waals surface area contributed by atoms with E-state index in [1.54, 1.807) is 0 Å². The highest BCUT2D eigenvalue weighted by molar-refractivity contribution is 6.32. The molecule has 2 nitrogen and oxygen atoms in total. The third kappa shape index (κ3) is 3.59. The highest BCUT2D eigenvalue weighted by atomic mass is 15.0. The molecule has 0 aliphatic carbocycles. The van der Waals surface area contributed by atoms with Gasteiger partial charge in [0.05, 0.1) is 22.2 Å². The van der Waals surface area contributed by atoms with Crippen LogP contribution in [-0.4, -0.2) is 9.13 Å². The number of hydrogen-bond acceptors (Lipinski definition) is 0. The van der Waals surface area contributed by atoms with Crippen LogP contribution in [0.1, 0.15) is 0 Å². The largest absolute Gasteiger partial charge is 0.317 e. The molecule has 0 radical (unpaired) electrons. The zero-order valence-electron chi connectivity index (χ0n) is 25.1. The Labute approximate surface area is 266 Å². The second kappa shape index (κ2) is 9.69. The molecule has 214 valence electrons. The van der Waals surface area contributed by atoms with Crippen LogP contribution in [0.15, 0.2) is 170 Å². The van der Waals surface area contributed by atoms with Crippen molar-refractivity contribution in [1.82, 2.24) is 9.13 Å². The first kappa shape index (κ1) is 25.2. The van der Waals surface area contributed by atoms with Crippen LogP contribution in [-0.2, 0) is 0 Å². The number of fused-ring (bicyclic) bond motifs is 10. The molecule has 0 saturated heterocycles. The van der Waals surface area contributed by atoms with E-state index in [1.807, 2.05) is 0 Å². The molecule has 0 aliphatic heterocycles. The fourth-order valence-corrected chi connectivity index (χ4v) is 7.65. The lowest BCUT2D eigenvalue weighted by molar-refractivity contribution is 1.13. The van der Waals surface area contributed by atoms with Crippen molar-refractivity contribution in [3.8, 4) is 22.5 Å². The Morgan fingerprint density at radius 3 is 1.83 bits per heavy atom. The zero-order chi connectivity index (χ0) is 30.2. The van der Waals surface area contributed by atoms with E-state index in [2.05, 4.69) is 179 Å². The van der Waals surface area contributed by atoms with Crippen LogP contribution in [0.5, 0.6) is 0 Å². The Hall–Kier alpha value is -6.12. The molecular weight excluding hydrogens is 556 g/mol. The standard InChI is InChI=1S/C44H28N2/c1-2-13-33(14-3-1)45-26-25-32-27-30(21-23-40(32)45)31-22-24-42-39(28-31)43-37-18-8-6-16-35(37)36-17-7-9-19-38(36)44(43)46(42)41-20-10-12-29-11-4-5-15-34(29)41/h1-28H. The summed E-state index contributed by atoms with van der Waals surface area (Å²) >= 11 is 0. The normalized spacial score (nSPS) is 11.9. The summed E-state index contributed by atoms with van der Waals surface area (Å²) in [6, 6.07) is 59.8. The Kier molecular flexibility index (Phi) is 5.31. The summed E-state index contributed by atoms with van der Waals surface area (Å²) in [4.78, 5) is 0. The minimum absolute atomic E-state index is 1.17. The molecule has 2 heteroatoms. The summed E-state index contributed by atoms with van der Waals surface area (Å²) in [7, 11) is 0. The summed E-state index contributed by atoms with van der Waals surface area (Å²) in [6.07, 6.45) is 2.17. The van der Waals surface area contributed by atoms with Gasteiger partial charge in [0, 0.05) is 38.8 Å². The van der Waals surface area contributed by atoms with Crippen LogP contribution >= 0.6 is 0 Å². The summed E-state index contributed by atoms with van der Waals surface area (Å²) < 4.78 is 4.77. The monoisotopic (exact) mass is 584 g/mol. The summed E-state index contributed by atoms with van der Waals surface area (Å²) in [5, 5.41) is 11.4. The van der Waals surface area contributed by atoms with Crippen molar-refractivity contribution in [2.75, 3.05) is 0 Å². The lowest BCUT2D eigenvalue weighted by atomic mass is 9.95. The van der Waals surface area contributed by atoms with Gasteiger partial charge in [0.25, 0.3) is 0 Å². The SMILES string of the molecule is c1ccc(-n2ccc3cc(-c4ccc5c(c4)c4c6ccccc6c6ccccc6c4n5-c4cccc5ccccc45)ccc32)cc1. The Morgan fingerprint density at radius 1 is 0.370 bits per heavy atom. The third-order valence-corrected chi connectivity index (χ3v) is 9.70. The number of aromatic nitrogens is 2. The quantitative estimate of drug-likeness (QED) is 0.183. The van der Waals surface area contributed by atoms with E-state index in [4.69, 9.17) is 0 Å². The highest BCUT2D eigenvalue weighted by Crippen LogP contribution is 2.44. The number of nitrogens with zero attached hydrogens (tertiary/aromatic N) is 2. The Balaban J connectivity index is 1.30. The Bertz CT molecular complexity index is 2790. The number of para-hydroxylation sites is 1. The molecule has 46 heavy (non-hydrogen) atoms. The molecule has 2 aromatic heterocycles. The van der Waals surface area contributed by atoms with Crippen LogP contribution in [0, 0.1) is 0 Å². The Morgan fingerprint density at radius 2 is 1.00 bits per heavy atom.